The van der Waals surface area contributed by atoms with Crippen LogP contribution < -0.4 is 5.32 Å². The first-order chi connectivity index (χ1) is 5.86. The van der Waals surface area contributed by atoms with Crippen LogP contribution in [-0.2, 0) is 17.6 Å². The van der Waals surface area contributed by atoms with E-state index in [1.54, 1.807) is 0 Å². The van der Waals surface area contributed by atoms with E-state index in [1.807, 2.05) is 6.92 Å². The molecule has 0 aliphatic heterocycles. The summed E-state index contributed by atoms with van der Waals surface area (Å²) in [5.41, 5.74) is 0. The number of amides is 1. The molecule has 66 valence electrons. The Labute approximate surface area is 70.2 Å². The van der Waals surface area contributed by atoms with Crippen LogP contribution in [0.15, 0.2) is 4.42 Å². The third kappa shape index (κ3) is 2.34. The summed E-state index contributed by atoms with van der Waals surface area (Å²) in [5, 5.41) is 10.1. The maximum atomic E-state index is 9.88. The molecule has 1 aromatic heterocycles. The van der Waals surface area contributed by atoms with Crippen LogP contribution in [0.5, 0.6) is 0 Å². The van der Waals surface area contributed by atoms with E-state index in [2.05, 4.69) is 15.5 Å². The van der Waals surface area contributed by atoms with Gasteiger partial charge in [-0.3, -0.25) is 4.79 Å². The van der Waals surface area contributed by atoms with Crippen LogP contribution in [0.1, 0.15) is 18.7 Å². The van der Waals surface area contributed by atoms with Crippen molar-refractivity contribution < 1.29 is 9.21 Å². The van der Waals surface area contributed by atoms with Crippen molar-refractivity contribution in [2.24, 2.45) is 0 Å². The summed E-state index contributed by atoms with van der Waals surface area (Å²) < 4.78 is 5.20. The molecule has 0 fully saturated rings. The van der Waals surface area contributed by atoms with Gasteiger partial charge in [0, 0.05) is 19.4 Å². The highest BCUT2D eigenvalue weighted by Gasteiger charge is 2.02. The quantitative estimate of drug-likeness (QED) is 0.494. The van der Waals surface area contributed by atoms with Gasteiger partial charge in [0.25, 0.3) is 0 Å². The molecule has 0 bridgehead atoms. The van der Waals surface area contributed by atoms with Crippen molar-refractivity contribution in [3.63, 3.8) is 0 Å². The average Bonchev–Trinajstić information content (AvgIpc) is 2.53. The highest BCUT2D eigenvalue weighted by molar-refractivity contribution is 5.45. The van der Waals surface area contributed by atoms with Gasteiger partial charge in [0.2, 0.25) is 18.2 Å². The number of carbonyl (C=O) groups excluding carboxylic acids is 1. The first-order valence-corrected chi connectivity index (χ1v) is 3.85. The normalized spacial score (nSPS) is 9.75. The van der Waals surface area contributed by atoms with E-state index in [9.17, 15) is 4.79 Å². The Morgan fingerprint density at radius 1 is 1.50 bits per heavy atom. The van der Waals surface area contributed by atoms with Crippen molar-refractivity contribution in [1.82, 2.24) is 15.5 Å². The predicted molar refractivity (Wildman–Crippen MR) is 41.4 cm³/mol. The van der Waals surface area contributed by atoms with Crippen molar-refractivity contribution in [3.8, 4) is 0 Å². The maximum absolute atomic E-state index is 9.88. The van der Waals surface area contributed by atoms with Gasteiger partial charge >= 0.3 is 0 Å². The molecule has 0 radical (unpaired) electrons. The van der Waals surface area contributed by atoms with Crippen molar-refractivity contribution >= 4 is 6.41 Å². The minimum absolute atomic E-state index is 0.537. The molecule has 0 saturated heterocycles. The molecule has 5 nitrogen and oxygen atoms in total. The molecular formula is C7H11N3O2. The molecule has 1 heterocycles. The fourth-order valence-electron chi connectivity index (χ4n) is 0.770. The lowest BCUT2D eigenvalue weighted by Crippen LogP contribution is -2.14. The zero-order chi connectivity index (χ0) is 8.81. The van der Waals surface area contributed by atoms with Gasteiger partial charge in [0.1, 0.15) is 0 Å². The summed E-state index contributed by atoms with van der Waals surface area (Å²) in [6, 6.07) is 0. The second-order valence-corrected chi connectivity index (χ2v) is 2.27. The van der Waals surface area contributed by atoms with Crippen molar-refractivity contribution in [2.45, 2.75) is 19.8 Å². The van der Waals surface area contributed by atoms with E-state index in [-0.39, 0.29) is 0 Å². The highest BCUT2D eigenvalue weighted by Crippen LogP contribution is 1.99. The number of hydrogen-bond donors (Lipinski definition) is 1. The minimum Gasteiger partial charge on any atom is -0.425 e. The Morgan fingerprint density at radius 3 is 2.83 bits per heavy atom. The molecule has 0 saturated carbocycles. The Balaban J connectivity index is 2.36. The topological polar surface area (TPSA) is 68.0 Å². The van der Waals surface area contributed by atoms with Gasteiger partial charge in [-0.2, -0.15) is 0 Å². The first-order valence-electron chi connectivity index (χ1n) is 3.85. The second-order valence-electron chi connectivity index (χ2n) is 2.27. The third-order valence-electron chi connectivity index (χ3n) is 1.38. The number of hydrogen-bond acceptors (Lipinski definition) is 4. The average molecular weight is 169 g/mol. The van der Waals surface area contributed by atoms with Crippen molar-refractivity contribution in [2.75, 3.05) is 6.54 Å². The summed E-state index contributed by atoms with van der Waals surface area (Å²) in [4.78, 5) is 9.88. The predicted octanol–water partition coefficient (Wildman–Crippen LogP) is -0.0795. The van der Waals surface area contributed by atoms with E-state index in [0.717, 1.165) is 6.42 Å². The molecule has 0 spiro atoms. The minimum atomic E-state index is 0.537. The fraction of sp³-hybridized carbons (Fsp3) is 0.571. The number of aromatic nitrogens is 2. The molecule has 1 aromatic rings. The molecule has 0 aliphatic rings. The Hall–Kier alpha value is -1.39. The van der Waals surface area contributed by atoms with Crippen LogP contribution in [0.2, 0.25) is 0 Å². The zero-order valence-corrected chi connectivity index (χ0v) is 6.91. The highest BCUT2D eigenvalue weighted by atomic mass is 16.4. The molecular weight excluding hydrogens is 158 g/mol. The van der Waals surface area contributed by atoms with E-state index >= 15 is 0 Å². The number of carbonyl (C=O) groups is 1. The van der Waals surface area contributed by atoms with E-state index in [0.29, 0.717) is 31.2 Å². The molecule has 0 aliphatic carbocycles. The van der Waals surface area contributed by atoms with Gasteiger partial charge in [-0.25, -0.2) is 0 Å². The van der Waals surface area contributed by atoms with Crippen LogP contribution in [0.25, 0.3) is 0 Å². The SMILES string of the molecule is CCc1nnc(CCNC=O)o1. The van der Waals surface area contributed by atoms with Crippen LogP contribution in [-0.4, -0.2) is 23.2 Å². The lowest BCUT2D eigenvalue weighted by Gasteiger charge is -1.91. The molecule has 0 aromatic carbocycles. The number of rotatable bonds is 5. The molecule has 0 unspecified atom stereocenters. The number of aryl methyl sites for hydroxylation is 1. The molecule has 5 heteroatoms. The van der Waals surface area contributed by atoms with Gasteiger partial charge < -0.3 is 9.73 Å². The summed E-state index contributed by atoms with van der Waals surface area (Å²) in [7, 11) is 0. The van der Waals surface area contributed by atoms with Crippen LogP contribution >= 0.6 is 0 Å². The van der Waals surface area contributed by atoms with E-state index in [1.165, 1.54) is 0 Å². The van der Waals surface area contributed by atoms with E-state index in [4.69, 9.17) is 4.42 Å². The summed E-state index contributed by atoms with van der Waals surface area (Å²) >= 11 is 0. The smallest absolute Gasteiger partial charge is 0.218 e. The number of nitrogens with one attached hydrogen (secondary N) is 1. The molecule has 1 rings (SSSR count). The number of nitrogens with zero attached hydrogens (tertiary/aromatic N) is 2. The molecule has 1 amide bonds. The summed E-state index contributed by atoms with van der Waals surface area (Å²) in [5.74, 6) is 1.21. The van der Waals surface area contributed by atoms with Gasteiger partial charge in [0.15, 0.2) is 0 Å². The monoisotopic (exact) mass is 169 g/mol. The molecule has 12 heavy (non-hydrogen) atoms. The Kier molecular flexibility index (Phi) is 3.25. The fourth-order valence-corrected chi connectivity index (χ4v) is 0.770. The van der Waals surface area contributed by atoms with Crippen LogP contribution in [0.3, 0.4) is 0 Å². The first kappa shape index (κ1) is 8.70. The maximum Gasteiger partial charge on any atom is 0.218 e. The van der Waals surface area contributed by atoms with Gasteiger partial charge in [0.05, 0.1) is 0 Å². The zero-order valence-electron chi connectivity index (χ0n) is 6.91. The van der Waals surface area contributed by atoms with Gasteiger partial charge in [-0.1, -0.05) is 6.92 Å². The van der Waals surface area contributed by atoms with Gasteiger partial charge in [-0.05, 0) is 0 Å². The van der Waals surface area contributed by atoms with Crippen molar-refractivity contribution in [3.05, 3.63) is 11.8 Å². The van der Waals surface area contributed by atoms with Crippen molar-refractivity contribution in [1.29, 1.82) is 0 Å². The lowest BCUT2D eigenvalue weighted by molar-refractivity contribution is -0.109. The molecule has 1 N–H and O–H groups in total. The largest absolute Gasteiger partial charge is 0.425 e. The summed E-state index contributed by atoms with van der Waals surface area (Å²) in [6.45, 7) is 2.48. The Morgan fingerprint density at radius 2 is 2.25 bits per heavy atom. The lowest BCUT2D eigenvalue weighted by atomic mass is 10.4. The Bertz CT molecular complexity index is 247. The third-order valence-corrected chi connectivity index (χ3v) is 1.38. The van der Waals surface area contributed by atoms with E-state index < -0.39 is 0 Å². The molecule has 0 atom stereocenters. The van der Waals surface area contributed by atoms with Crippen LogP contribution in [0.4, 0.5) is 0 Å². The standard InChI is InChI=1S/C7H11N3O2/c1-2-6-9-10-7(12-6)3-4-8-5-11/h5H,2-4H2,1H3,(H,8,11). The second kappa shape index (κ2) is 4.48. The van der Waals surface area contributed by atoms with Gasteiger partial charge in [-0.15, -0.1) is 10.2 Å². The summed E-state index contributed by atoms with van der Waals surface area (Å²) in [6.07, 6.45) is 1.98. The van der Waals surface area contributed by atoms with Crippen LogP contribution in [0, 0.1) is 0 Å².